The van der Waals surface area contributed by atoms with Gasteiger partial charge >= 0.3 is 15.8 Å². The highest BCUT2D eigenvalue weighted by molar-refractivity contribution is 7.86. The van der Waals surface area contributed by atoms with Crippen molar-refractivity contribution in [1.82, 2.24) is 0 Å². The number of nitrogens with zero attached hydrogens (tertiary/aromatic N) is 1. The summed E-state index contributed by atoms with van der Waals surface area (Å²) in [6, 6.07) is 0. The van der Waals surface area contributed by atoms with Crippen LogP contribution in [0.3, 0.4) is 0 Å². The van der Waals surface area contributed by atoms with Crippen LogP contribution in [0.5, 0.6) is 0 Å². The third-order valence-electron chi connectivity index (χ3n) is 1.15. The summed E-state index contributed by atoms with van der Waals surface area (Å²) in [5, 5.41) is 11.2. The summed E-state index contributed by atoms with van der Waals surface area (Å²) in [5.41, 5.74) is -0.783. The summed E-state index contributed by atoms with van der Waals surface area (Å²) >= 11 is 6.02. The number of halogens is 1. The minimum atomic E-state index is -4.57. The van der Waals surface area contributed by atoms with Crippen LogP contribution in [-0.4, -0.2) is 17.9 Å². The van der Waals surface area contributed by atoms with Gasteiger partial charge in [0, 0.05) is 5.38 Å². The van der Waals surface area contributed by atoms with Gasteiger partial charge in [0.15, 0.2) is 9.23 Å². The quantitative estimate of drug-likeness (QED) is 0.483. The van der Waals surface area contributed by atoms with Crippen molar-refractivity contribution in [2.24, 2.45) is 0 Å². The molecule has 0 aliphatic rings. The van der Waals surface area contributed by atoms with E-state index >= 15 is 0 Å². The lowest BCUT2D eigenvalue weighted by atomic mass is 10.5. The van der Waals surface area contributed by atoms with E-state index in [2.05, 4.69) is 0 Å². The van der Waals surface area contributed by atoms with Crippen LogP contribution in [0.25, 0.3) is 0 Å². The summed E-state index contributed by atoms with van der Waals surface area (Å²) in [6.07, 6.45) is 0. The third kappa shape index (κ3) is 1.97. The predicted octanol–water partition coefficient (Wildman–Crippen LogP) is 1.56. The Balaban J connectivity index is 3.49. The molecule has 0 atom stereocenters. The first-order valence-electron chi connectivity index (χ1n) is 2.73. The SMILES string of the molecule is O=[N+]([O-])c1c(S(=O)(=O)O)csc1Cl. The Labute approximate surface area is 81.7 Å². The molecule has 0 aliphatic heterocycles. The molecule has 0 fully saturated rings. The van der Waals surface area contributed by atoms with Gasteiger partial charge in [-0.25, -0.2) is 0 Å². The van der Waals surface area contributed by atoms with Crippen LogP contribution >= 0.6 is 22.9 Å². The van der Waals surface area contributed by atoms with Gasteiger partial charge < -0.3 is 0 Å². The molecule has 0 saturated heterocycles. The molecule has 0 amide bonds. The zero-order chi connectivity index (χ0) is 10.2. The largest absolute Gasteiger partial charge is 0.319 e. The minimum absolute atomic E-state index is 0.280. The van der Waals surface area contributed by atoms with Crippen LogP contribution in [0.2, 0.25) is 4.34 Å². The Morgan fingerprint density at radius 2 is 2.15 bits per heavy atom. The van der Waals surface area contributed by atoms with Gasteiger partial charge in [-0.15, -0.1) is 11.3 Å². The Morgan fingerprint density at radius 1 is 1.62 bits per heavy atom. The normalized spacial score (nSPS) is 11.5. The molecule has 0 spiro atoms. The van der Waals surface area contributed by atoms with Gasteiger partial charge in [-0.1, -0.05) is 11.6 Å². The molecule has 0 aliphatic carbocycles. The van der Waals surface area contributed by atoms with Crippen molar-refractivity contribution >= 4 is 38.7 Å². The maximum atomic E-state index is 10.6. The summed E-state index contributed by atoms with van der Waals surface area (Å²) in [4.78, 5) is 8.58. The molecule has 1 aromatic heterocycles. The highest BCUT2D eigenvalue weighted by Gasteiger charge is 2.29. The van der Waals surface area contributed by atoms with E-state index in [9.17, 15) is 18.5 Å². The highest BCUT2D eigenvalue weighted by atomic mass is 35.5. The predicted molar refractivity (Wildman–Crippen MR) is 45.8 cm³/mol. The van der Waals surface area contributed by atoms with Crippen molar-refractivity contribution in [3.8, 4) is 0 Å². The molecule has 0 saturated carbocycles. The van der Waals surface area contributed by atoms with Crippen molar-refractivity contribution in [2.45, 2.75) is 4.90 Å². The van der Waals surface area contributed by atoms with Crippen molar-refractivity contribution in [2.75, 3.05) is 0 Å². The first-order valence-corrected chi connectivity index (χ1v) is 5.42. The average Bonchev–Trinajstić information content (AvgIpc) is 2.28. The van der Waals surface area contributed by atoms with E-state index in [0.717, 1.165) is 5.38 Å². The average molecular weight is 244 g/mol. The first-order chi connectivity index (χ1) is 5.84. The summed E-state index contributed by atoms with van der Waals surface area (Å²) < 4.78 is 29.4. The molecular formula is C4H2ClNO5S2. The van der Waals surface area contributed by atoms with Gasteiger partial charge in [-0.05, 0) is 0 Å². The van der Waals surface area contributed by atoms with Crippen LogP contribution in [-0.2, 0) is 10.1 Å². The van der Waals surface area contributed by atoms with E-state index in [0.29, 0.717) is 11.3 Å². The van der Waals surface area contributed by atoms with Crippen molar-refractivity contribution < 1.29 is 17.9 Å². The van der Waals surface area contributed by atoms with Gasteiger partial charge in [0.05, 0.1) is 4.92 Å². The van der Waals surface area contributed by atoms with E-state index in [-0.39, 0.29) is 4.34 Å². The standard InChI is InChI=1S/C4H2ClNO5S2/c5-4-3(6(7)8)2(1-12-4)13(9,10)11/h1H,(H,9,10,11). The molecule has 1 aromatic rings. The zero-order valence-electron chi connectivity index (χ0n) is 5.80. The first kappa shape index (κ1) is 10.4. The lowest BCUT2D eigenvalue weighted by Crippen LogP contribution is -2.00. The van der Waals surface area contributed by atoms with Crippen molar-refractivity contribution in [3.05, 3.63) is 19.8 Å². The molecule has 0 aromatic carbocycles. The van der Waals surface area contributed by atoms with Gasteiger partial charge in [-0.2, -0.15) is 8.42 Å². The second kappa shape index (κ2) is 3.22. The maximum absolute atomic E-state index is 10.6. The number of thiophene rings is 1. The molecule has 72 valence electrons. The second-order valence-electron chi connectivity index (χ2n) is 1.95. The molecule has 0 unspecified atom stereocenters. The van der Waals surface area contributed by atoms with Crippen molar-refractivity contribution in [3.63, 3.8) is 0 Å². The van der Waals surface area contributed by atoms with E-state index in [1.165, 1.54) is 0 Å². The fourth-order valence-electron chi connectivity index (χ4n) is 0.658. The van der Waals surface area contributed by atoms with E-state index in [4.69, 9.17) is 16.2 Å². The van der Waals surface area contributed by atoms with E-state index in [1.54, 1.807) is 0 Å². The smallest absolute Gasteiger partial charge is 0.282 e. The number of rotatable bonds is 2. The van der Waals surface area contributed by atoms with Gasteiger partial charge in [0.2, 0.25) is 0 Å². The molecule has 1 N–H and O–H groups in total. The van der Waals surface area contributed by atoms with Crippen LogP contribution < -0.4 is 0 Å². The van der Waals surface area contributed by atoms with Crippen LogP contribution in [0.15, 0.2) is 10.3 Å². The van der Waals surface area contributed by atoms with Gasteiger partial charge in [0.25, 0.3) is 0 Å². The fourth-order valence-corrected chi connectivity index (χ4v) is 2.75. The van der Waals surface area contributed by atoms with Crippen LogP contribution in [0.4, 0.5) is 5.69 Å². The van der Waals surface area contributed by atoms with Gasteiger partial charge in [-0.3, -0.25) is 14.7 Å². The fraction of sp³-hybridized carbons (Fsp3) is 0. The number of hydrogen-bond donors (Lipinski definition) is 1. The van der Waals surface area contributed by atoms with E-state index in [1.807, 2.05) is 0 Å². The molecular weight excluding hydrogens is 242 g/mol. The molecule has 13 heavy (non-hydrogen) atoms. The number of nitro groups is 1. The molecule has 1 heterocycles. The molecule has 1 rings (SSSR count). The Kier molecular flexibility index (Phi) is 2.57. The Bertz CT molecular complexity index is 449. The lowest BCUT2D eigenvalue weighted by Gasteiger charge is -1.91. The summed E-state index contributed by atoms with van der Waals surface area (Å²) in [5.74, 6) is 0. The zero-order valence-corrected chi connectivity index (χ0v) is 8.19. The molecule has 9 heteroatoms. The molecule has 6 nitrogen and oxygen atoms in total. The van der Waals surface area contributed by atoms with Gasteiger partial charge in [0.1, 0.15) is 0 Å². The molecule has 0 radical (unpaired) electrons. The number of hydrogen-bond acceptors (Lipinski definition) is 5. The topological polar surface area (TPSA) is 97.5 Å². The summed E-state index contributed by atoms with van der Waals surface area (Å²) in [6.45, 7) is 0. The highest BCUT2D eigenvalue weighted by Crippen LogP contribution is 2.37. The second-order valence-corrected chi connectivity index (χ2v) is 4.83. The monoisotopic (exact) mass is 243 g/mol. The van der Waals surface area contributed by atoms with Crippen LogP contribution in [0.1, 0.15) is 0 Å². The lowest BCUT2D eigenvalue weighted by molar-refractivity contribution is -0.387. The van der Waals surface area contributed by atoms with Crippen molar-refractivity contribution in [1.29, 1.82) is 0 Å². The van der Waals surface area contributed by atoms with E-state index < -0.39 is 25.6 Å². The maximum Gasteiger partial charge on any atom is 0.319 e. The third-order valence-corrected chi connectivity index (χ3v) is 3.37. The summed E-state index contributed by atoms with van der Waals surface area (Å²) in [7, 11) is -4.57. The Morgan fingerprint density at radius 3 is 2.46 bits per heavy atom. The molecule has 0 bridgehead atoms. The Hall–Kier alpha value is -0.700. The van der Waals surface area contributed by atoms with Crippen LogP contribution in [0, 0.1) is 10.1 Å². The minimum Gasteiger partial charge on any atom is -0.282 e.